The molecule has 66 valence electrons. The predicted molar refractivity (Wildman–Crippen MR) is 54.5 cm³/mol. The third-order valence-electron chi connectivity index (χ3n) is 3.55. The summed E-state index contributed by atoms with van der Waals surface area (Å²) in [6, 6.07) is 11.0. The van der Waals surface area contributed by atoms with Crippen LogP contribution in [0.2, 0.25) is 0 Å². The first-order valence-electron chi connectivity index (χ1n) is 5.18. The van der Waals surface area contributed by atoms with Crippen LogP contribution in [0.1, 0.15) is 24.3 Å². The third kappa shape index (κ3) is 1.05. The number of allylic oxidation sites excluding steroid dienone is 2. The van der Waals surface area contributed by atoms with Crippen molar-refractivity contribution in [1.82, 2.24) is 0 Å². The van der Waals surface area contributed by atoms with E-state index in [4.69, 9.17) is 0 Å². The largest absolute Gasteiger partial charge is 0.0845 e. The van der Waals surface area contributed by atoms with Gasteiger partial charge in [-0.2, -0.15) is 0 Å². The van der Waals surface area contributed by atoms with Crippen LogP contribution in [0.3, 0.4) is 0 Å². The van der Waals surface area contributed by atoms with Crippen LogP contribution < -0.4 is 0 Å². The van der Waals surface area contributed by atoms with Crippen molar-refractivity contribution in [2.24, 2.45) is 11.8 Å². The molecule has 0 spiro atoms. The van der Waals surface area contributed by atoms with Crippen molar-refractivity contribution < 1.29 is 0 Å². The Morgan fingerprint density at radius 2 is 1.46 bits per heavy atom. The Labute approximate surface area is 79.3 Å². The average molecular weight is 170 g/mol. The number of hydrogen-bond acceptors (Lipinski definition) is 0. The van der Waals surface area contributed by atoms with Crippen LogP contribution >= 0.6 is 0 Å². The van der Waals surface area contributed by atoms with E-state index in [1.54, 1.807) is 5.56 Å². The molecule has 0 nitrogen and oxygen atoms in total. The molecule has 1 aromatic carbocycles. The van der Waals surface area contributed by atoms with Gasteiger partial charge in [0.25, 0.3) is 0 Å². The summed E-state index contributed by atoms with van der Waals surface area (Å²) in [6.07, 6.45) is 7.65. The summed E-state index contributed by atoms with van der Waals surface area (Å²) in [5, 5.41) is 0. The maximum absolute atomic E-state index is 2.42. The van der Waals surface area contributed by atoms with Gasteiger partial charge >= 0.3 is 0 Å². The molecule has 3 rings (SSSR count). The third-order valence-corrected chi connectivity index (χ3v) is 3.55. The van der Waals surface area contributed by atoms with Crippen LogP contribution in [0.15, 0.2) is 42.5 Å². The van der Waals surface area contributed by atoms with E-state index in [0.717, 1.165) is 17.8 Å². The highest BCUT2D eigenvalue weighted by molar-refractivity contribution is 5.29. The maximum atomic E-state index is 2.42. The quantitative estimate of drug-likeness (QED) is 0.567. The van der Waals surface area contributed by atoms with Crippen LogP contribution in [-0.4, -0.2) is 0 Å². The van der Waals surface area contributed by atoms with Gasteiger partial charge in [-0.05, 0) is 36.2 Å². The summed E-state index contributed by atoms with van der Waals surface area (Å²) < 4.78 is 0. The normalized spacial score (nSPS) is 35.5. The fraction of sp³-hybridized carbons (Fsp3) is 0.385. The van der Waals surface area contributed by atoms with Gasteiger partial charge in [-0.15, -0.1) is 0 Å². The first kappa shape index (κ1) is 7.37. The highest BCUT2D eigenvalue weighted by Crippen LogP contribution is 2.49. The van der Waals surface area contributed by atoms with Crippen molar-refractivity contribution in [2.75, 3.05) is 0 Å². The lowest BCUT2D eigenvalue weighted by molar-refractivity contribution is 0.569. The molecule has 0 N–H and O–H groups in total. The molecule has 1 saturated carbocycles. The lowest BCUT2D eigenvalue weighted by Gasteiger charge is -2.15. The fourth-order valence-corrected chi connectivity index (χ4v) is 2.95. The summed E-state index contributed by atoms with van der Waals surface area (Å²) >= 11 is 0. The van der Waals surface area contributed by atoms with Crippen LogP contribution in [0.5, 0.6) is 0 Å². The Kier molecular flexibility index (Phi) is 1.55. The Balaban J connectivity index is 1.96. The van der Waals surface area contributed by atoms with Gasteiger partial charge in [-0.25, -0.2) is 0 Å². The molecule has 2 aliphatic carbocycles. The van der Waals surface area contributed by atoms with Crippen molar-refractivity contribution in [3.8, 4) is 0 Å². The molecule has 0 amide bonds. The fourth-order valence-electron chi connectivity index (χ4n) is 2.95. The highest BCUT2D eigenvalue weighted by Gasteiger charge is 2.38. The van der Waals surface area contributed by atoms with Crippen molar-refractivity contribution in [3.05, 3.63) is 48.0 Å². The summed E-state index contributed by atoms with van der Waals surface area (Å²) in [7, 11) is 0. The minimum atomic E-state index is 0.807. The molecule has 0 radical (unpaired) electrons. The van der Waals surface area contributed by atoms with E-state index in [9.17, 15) is 0 Å². The van der Waals surface area contributed by atoms with E-state index in [1.807, 2.05) is 0 Å². The topological polar surface area (TPSA) is 0 Å². The van der Waals surface area contributed by atoms with Crippen LogP contribution in [0, 0.1) is 11.8 Å². The van der Waals surface area contributed by atoms with Gasteiger partial charge < -0.3 is 0 Å². The molecule has 2 aliphatic rings. The van der Waals surface area contributed by atoms with E-state index in [2.05, 4.69) is 42.5 Å². The Bertz CT molecular complexity index is 309. The lowest BCUT2D eigenvalue weighted by Crippen LogP contribution is -2.04. The molecule has 0 saturated heterocycles. The first-order chi connectivity index (χ1) is 6.45. The Morgan fingerprint density at radius 3 is 2.00 bits per heavy atom. The van der Waals surface area contributed by atoms with Crippen LogP contribution in [-0.2, 0) is 0 Å². The van der Waals surface area contributed by atoms with Gasteiger partial charge in [0.15, 0.2) is 0 Å². The van der Waals surface area contributed by atoms with Crippen LogP contribution in [0.25, 0.3) is 0 Å². The summed E-state index contributed by atoms with van der Waals surface area (Å²) in [4.78, 5) is 0. The second kappa shape index (κ2) is 2.73. The zero-order chi connectivity index (χ0) is 8.67. The Hall–Kier alpha value is -1.04. The van der Waals surface area contributed by atoms with Gasteiger partial charge in [0.05, 0.1) is 0 Å². The number of benzene rings is 1. The molecular formula is C13H14. The lowest BCUT2D eigenvalue weighted by atomic mass is 9.89. The van der Waals surface area contributed by atoms with E-state index in [-0.39, 0.29) is 0 Å². The second-order valence-electron chi connectivity index (χ2n) is 4.23. The van der Waals surface area contributed by atoms with Crippen molar-refractivity contribution >= 4 is 0 Å². The average Bonchev–Trinajstić information content (AvgIpc) is 2.78. The summed E-state index contributed by atoms with van der Waals surface area (Å²) in [5.41, 5.74) is 1.54. The van der Waals surface area contributed by atoms with E-state index in [1.165, 1.54) is 12.8 Å². The first-order valence-corrected chi connectivity index (χ1v) is 5.18. The standard InChI is InChI=1S/C13H14/c1-2-4-10(5-3-1)13-11-6-7-12(13)9-8-11/h1-7,11-13H,8-9H2/t11-,12+,13?. The minimum Gasteiger partial charge on any atom is -0.0845 e. The summed E-state index contributed by atoms with van der Waals surface area (Å²) in [5.74, 6) is 2.49. The molecule has 0 aromatic heterocycles. The van der Waals surface area contributed by atoms with Gasteiger partial charge in [0.2, 0.25) is 0 Å². The van der Waals surface area contributed by atoms with E-state index >= 15 is 0 Å². The number of fused-ring (bicyclic) bond motifs is 2. The SMILES string of the molecule is C1=C[C@H]2CC[C@@H]1C2c1ccccc1. The molecule has 3 atom stereocenters. The van der Waals surface area contributed by atoms with E-state index in [0.29, 0.717) is 0 Å². The van der Waals surface area contributed by atoms with Gasteiger partial charge in [0, 0.05) is 0 Å². The van der Waals surface area contributed by atoms with Crippen molar-refractivity contribution in [3.63, 3.8) is 0 Å². The number of rotatable bonds is 1. The molecule has 1 aromatic rings. The molecule has 1 unspecified atom stereocenters. The molecule has 1 fully saturated rings. The maximum Gasteiger partial charge on any atom is -0.00361 e. The minimum absolute atomic E-state index is 0.807. The summed E-state index contributed by atoms with van der Waals surface area (Å²) in [6.45, 7) is 0. The molecule has 2 bridgehead atoms. The molecular weight excluding hydrogens is 156 g/mol. The Morgan fingerprint density at radius 1 is 0.846 bits per heavy atom. The zero-order valence-corrected chi connectivity index (χ0v) is 7.69. The number of hydrogen-bond donors (Lipinski definition) is 0. The van der Waals surface area contributed by atoms with Crippen LogP contribution in [0.4, 0.5) is 0 Å². The predicted octanol–water partition coefficient (Wildman–Crippen LogP) is 3.37. The molecule has 0 heterocycles. The van der Waals surface area contributed by atoms with Gasteiger partial charge in [-0.3, -0.25) is 0 Å². The zero-order valence-electron chi connectivity index (χ0n) is 7.69. The monoisotopic (exact) mass is 170 g/mol. The molecule has 0 heteroatoms. The molecule has 13 heavy (non-hydrogen) atoms. The van der Waals surface area contributed by atoms with E-state index < -0.39 is 0 Å². The van der Waals surface area contributed by atoms with Crippen molar-refractivity contribution in [1.29, 1.82) is 0 Å². The van der Waals surface area contributed by atoms with Crippen molar-refractivity contribution in [2.45, 2.75) is 18.8 Å². The second-order valence-corrected chi connectivity index (χ2v) is 4.23. The molecule has 0 aliphatic heterocycles. The smallest absolute Gasteiger partial charge is 0.00361 e. The van der Waals surface area contributed by atoms with Gasteiger partial charge in [-0.1, -0.05) is 42.5 Å². The highest BCUT2D eigenvalue weighted by atomic mass is 14.4. The van der Waals surface area contributed by atoms with Gasteiger partial charge in [0.1, 0.15) is 0 Å².